The summed E-state index contributed by atoms with van der Waals surface area (Å²) in [5.41, 5.74) is 7.68. The average molecular weight is 247 g/mol. The van der Waals surface area contributed by atoms with Gasteiger partial charge in [0.15, 0.2) is 5.95 Å². The highest BCUT2D eigenvalue weighted by Crippen LogP contribution is 2.25. The Hall–Kier alpha value is -2.17. The van der Waals surface area contributed by atoms with E-state index in [9.17, 15) is 0 Å². The van der Waals surface area contributed by atoms with E-state index in [1.165, 1.54) is 0 Å². The van der Waals surface area contributed by atoms with Crippen LogP contribution in [-0.2, 0) is 12.8 Å². The lowest BCUT2D eigenvalue weighted by molar-refractivity contribution is 0.391. The van der Waals surface area contributed by atoms with E-state index in [-0.39, 0.29) is 0 Å². The lowest BCUT2D eigenvalue weighted by Crippen LogP contribution is -1.97. The number of methoxy groups -OCH3 is 2. The Labute approximate surface area is 106 Å². The van der Waals surface area contributed by atoms with Gasteiger partial charge in [-0.25, -0.2) is 4.98 Å². The number of aromatic nitrogens is 2. The van der Waals surface area contributed by atoms with Crippen LogP contribution in [0, 0.1) is 0 Å². The average Bonchev–Trinajstić information content (AvgIpc) is 2.82. The van der Waals surface area contributed by atoms with Crippen LogP contribution in [0.5, 0.6) is 11.5 Å². The number of hydrogen-bond donors (Lipinski definition) is 2. The highest BCUT2D eigenvalue weighted by molar-refractivity contribution is 5.41. The third kappa shape index (κ3) is 2.74. The summed E-state index contributed by atoms with van der Waals surface area (Å²) in [6.07, 6.45) is 3.45. The molecule has 0 unspecified atom stereocenters. The minimum atomic E-state index is 0.451. The Bertz CT molecular complexity index is 523. The van der Waals surface area contributed by atoms with Gasteiger partial charge in [0.2, 0.25) is 0 Å². The number of nitrogens with one attached hydrogen (secondary N) is 1. The van der Waals surface area contributed by atoms with Crippen LogP contribution in [0.15, 0.2) is 24.4 Å². The number of rotatable bonds is 5. The fraction of sp³-hybridized carbons (Fsp3) is 0.308. The molecule has 5 heteroatoms. The van der Waals surface area contributed by atoms with Gasteiger partial charge in [0.1, 0.15) is 11.5 Å². The summed E-state index contributed by atoms with van der Waals surface area (Å²) < 4.78 is 10.5. The van der Waals surface area contributed by atoms with Gasteiger partial charge in [0.05, 0.1) is 20.4 Å². The Morgan fingerprint density at radius 3 is 2.67 bits per heavy atom. The second kappa shape index (κ2) is 5.44. The molecule has 0 amide bonds. The number of nitrogen functional groups attached to an aromatic ring is 1. The number of H-pyrrole nitrogens is 1. The molecule has 5 nitrogen and oxygen atoms in total. The van der Waals surface area contributed by atoms with Gasteiger partial charge in [-0.2, -0.15) is 0 Å². The first-order chi connectivity index (χ1) is 8.72. The topological polar surface area (TPSA) is 73.2 Å². The molecule has 2 aromatic rings. The van der Waals surface area contributed by atoms with Gasteiger partial charge in [-0.3, -0.25) is 0 Å². The van der Waals surface area contributed by atoms with E-state index in [0.717, 1.165) is 35.6 Å². The maximum absolute atomic E-state index is 5.53. The van der Waals surface area contributed by atoms with E-state index in [0.29, 0.717) is 5.95 Å². The molecule has 1 heterocycles. The zero-order valence-electron chi connectivity index (χ0n) is 10.6. The third-order valence-corrected chi connectivity index (χ3v) is 2.81. The molecule has 0 atom stereocenters. The number of nitrogens with zero attached hydrogens (tertiary/aromatic N) is 1. The smallest absolute Gasteiger partial charge is 0.197 e. The molecule has 2 rings (SSSR count). The monoisotopic (exact) mass is 247 g/mol. The lowest BCUT2D eigenvalue weighted by Gasteiger charge is -2.09. The number of nitrogens with two attached hydrogens (primary N) is 1. The SMILES string of the molecule is COc1ccc(CCc2cnc(N)[nH]2)c(OC)c1. The number of anilines is 1. The normalized spacial score (nSPS) is 10.3. The molecule has 0 saturated heterocycles. The molecule has 0 aliphatic heterocycles. The molecule has 3 N–H and O–H groups in total. The van der Waals surface area contributed by atoms with Crippen molar-refractivity contribution in [3.63, 3.8) is 0 Å². The van der Waals surface area contributed by atoms with Crippen molar-refractivity contribution in [2.45, 2.75) is 12.8 Å². The molecule has 0 fully saturated rings. The largest absolute Gasteiger partial charge is 0.497 e. The van der Waals surface area contributed by atoms with E-state index in [4.69, 9.17) is 15.2 Å². The van der Waals surface area contributed by atoms with Crippen LogP contribution in [0.2, 0.25) is 0 Å². The summed E-state index contributed by atoms with van der Waals surface area (Å²) in [5, 5.41) is 0. The van der Waals surface area contributed by atoms with E-state index < -0.39 is 0 Å². The molecule has 18 heavy (non-hydrogen) atoms. The molecular formula is C13H17N3O2. The van der Waals surface area contributed by atoms with Crippen LogP contribution < -0.4 is 15.2 Å². The van der Waals surface area contributed by atoms with E-state index in [2.05, 4.69) is 9.97 Å². The summed E-state index contributed by atoms with van der Waals surface area (Å²) >= 11 is 0. The zero-order valence-corrected chi connectivity index (χ0v) is 10.6. The minimum Gasteiger partial charge on any atom is -0.497 e. The van der Waals surface area contributed by atoms with Crippen LogP contribution in [0.1, 0.15) is 11.3 Å². The third-order valence-electron chi connectivity index (χ3n) is 2.81. The van der Waals surface area contributed by atoms with Crippen molar-refractivity contribution in [3.8, 4) is 11.5 Å². The second-order valence-electron chi connectivity index (χ2n) is 3.97. The first-order valence-corrected chi connectivity index (χ1v) is 5.73. The molecule has 0 saturated carbocycles. The summed E-state index contributed by atoms with van der Waals surface area (Å²) in [6, 6.07) is 5.83. The highest BCUT2D eigenvalue weighted by atomic mass is 16.5. The molecule has 0 aliphatic carbocycles. The fourth-order valence-corrected chi connectivity index (χ4v) is 1.83. The maximum atomic E-state index is 5.53. The number of benzene rings is 1. The number of ether oxygens (including phenoxy) is 2. The first-order valence-electron chi connectivity index (χ1n) is 5.73. The van der Waals surface area contributed by atoms with Crippen LogP contribution in [-0.4, -0.2) is 24.2 Å². The van der Waals surface area contributed by atoms with E-state index in [1.807, 2.05) is 18.2 Å². The Kier molecular flexibility index (Phi) is 3.72. The Balaban J connectivity index is 2.08. The van der Waals surface area contributed by atoms with Crippen LogP contribution in [0.4, 0.5) is 5.95 Å². The van der Waals surface area contributed by atoms with Crippen LogP contribution in [0.25, 0.3) is 0 Å². The molecule has 0 spiro atoms. The van der Waals surface area contributed by atoms with Gasteiger partial charge >= 0.3 is 0 Å². The standard InChI is InChI=1S/C13H17N3O2/c1-17-11-6-4-9(12(7-11)18-2)3-5-10-8-15-13(14)16-10/h4,6-8H,3,5H2,1-2H3,(H3,14,15,16). The van der Waals surface area contributed by atoms with Crippen LogP contribution in [0.3, 0.4) is 0 Å². The predicted octanol–water partition coefficient (Wildman–Crippen LogP) is 1.79. The molecule has 0 bridgehead atoms. The number of aryl methyl sites for hydroxylation is 2. The molecule has 1 aromatic carbocycles. The van der Waals surface area contributed by atoms with Gasteiger partial charge < -0.3 is 20.2 Å². The Morgan fingerprint density at radius 2 is 2.06 bits per heavy atom. The molecule has 0 aliphatic rings. The first kappa shape index (κ1) is 12.3. The van der Waals surface area contributed by atoms with Crippen molar-refractivity contribution >= 4 is 5.95 Å². The van der Waals surface area contributed by atoms with Crippen molar-refractivity contribution < 1.29 is 9.47 Å². The summed E-state index contributed by atoms with van der Waals surface area (Å²) in [5.74, 6) is 2.08. The quantitative estimate of drug-likeness (QED) is 0.845. The summed E-state index contributed by atoms with van der Waals surface area (Å²) in [7, 11) is 3.30. The van der Waals surface area contributed by atoms with Gasteiger partial charge in [-0.1, -0.05) is 6.07 Å². The molecule has 96 valence electrons. The Morgan fingerprint density at radius 1 is 1.22 bits per heavy atom. The van der Waals surface area contributed by atoms with Crippen molar-refractivity contribution in [1.82, 2.24) is 9.97 Å². The van der Waals surface area contributed by atoms with Gasteiger partial charge in [0.25, 0.3) is 0 Å². The van der Waals surface area contributed by atoms with Crippen molar-refractivity contribution in [1.29, 1.82) is 0 Å². The maximum Gasteiger partial charge on any atom is 0.197 e. The van der Waals surface area contributed by atoms with Gasteiger partial charge in [-0.05, 0) is 24.5 Å². The molecule has 0 radical (unpaired) electrons. The summed E-state index contributed by atoms with van der Waals surface area (Å²) in [6.45, 7) is 0. The van der Waals surface area contributed by atoms with Crippen molar-refractivity contribution in [2.75, 3.05) is 20.0 Å². The number of hydrogen-bond acceptors (Lipinski definition) is 4. The zero-order chi connectivity index (χ0) is 13.0. The predicted molar refractivity (Wildman–Crippen MR) is 70.0 cm³/mol. The molecular weight excluding hydrogens is 230 g/mol. The molecule has 1 aromatic heterocycles. The highest BCUT2D eigenvalue weighted by Gasteiger charge is 2.06. The van der Waals surface area contributed by atoms with E-state index in [1.54, 1.807) is 20.4 Å². The lowest BCUT2D eigenvalue weighted by atomic mass is 10.1. The second-order valence-corrected chi connectivity index (χ2v) is 3.97. The van der Waals surface area contributed by atoms with Gasteiger partial charge in [0, 0.05) is 11.8 Å². The van der Waals surface area contributed by atoms with E-state index >= 15 is 0 Å². The van der Waals surface area contributed by atoms with Crippen molar-refractivity contribution in [2.24, 2.45) is 0 Å². The van der Waals surface area contributed by atoms with Gasteiger partial charge in [-0.15, -0.1) is 0 Å². The summed E-state index contributed by atoms with van der Waals surface area (Å²) in [4.78, 5) is 6.98. The fourth-order valence-electron chi connectivity index (χ4n) is 1.83. The number of aromatic amines is 1. The van der Waals surface area contributed by atoms with Crippen LogP contribution >= 0.6 is 0 Å². The minimum absolute atomic E-state index is 0.451. The number of imidazole rings is 1. The van der Waals surface area contributed by atoms with Crippen molar-refractivity contribution in [3.05, 3.63) is 35.7 Å².